The van der Waals surface area contributed by atoms with Gasteiger partial charge in [0.1, 0.15) is 0 Å². The second kappa shape index (κ2) is 5.96. The Balaban J connectivity index is 1.69. The first-order valence-corrected chi connectivity index (χ1v) is 7.95. The van der Waals surface area contributed by atoms with E-state index < -0.39 is 0 Å². The summed E-state index contributed by atoms with van der Waals surface area (Å²) in [6.07, 6.45) is 5.19. The third-order valence-corrected chi connectivity index (χ3v) is 4.44. The lowest BCUT2D eigenvalue weighted by Crippen LogP contribution is -2.38. The summed E-state index contributed by atoms with van der Waals surface area (Å²) in [6.45, 7) is 6.53. The van der Waals surface area contributed by atoms with Crippen molar-refractivity contribution >= 4 is 10.9 Å². The average Bonchev–Trinajstić information content (AvgIpc) is 2.75. The number of para-hydroxylation sites is 1. The van der Waals surface area contributed by atoms with Crippen molar-refractivity contribution in [1.82, 2.24) is 15.1 Å². The van der Waals surface area contributed by atoms with Crippen LogP contribution in [0, 0.1) is 5.92 Å². The molecule has 1 aliphatic carbocycles. The van der Waals surface area contributed by atoms with Gasteiger partial charge in [-0.1, -0.05) is 31.5 Å². The number of benzene rings is 1. The number of rotatable bonds is 6. The lowest BCUT2D eigenvalue weighted by Gasteiger charge is -2.28. The van der Waals surface area contributed by atoms with E-state index in [0.29, 0.717) is 5.92 Å². The van der Waals surface area contributed by atoms with Crippen molar-refractivity contribution in [3.05, 3.63) is 30.0 Å². The van der Waals surface area contributed by atoms with E-state index in [1.54, 1.807) is 0 Å². The van der Waals surface area contributed by atoms with Crippen LogP contribution in [0.2, 0.25) is 0 Å². The van der Waals surface area contributed by atoms with Crippen LogP contribution in [-0.4, -0.2) is 22.4 Å². The minimum Gasteiger partial charge on any atom is -0.314 e. The molecule has 1 aromatic carbocycles. The maximum absolute atomic E-state index is 4.80. The lowest BCUT2D eigenvalue weighted by molar-refractivity contribution is 0.320. The van der Waals surface area contributed by atoms with E-state index in [2.05, 4.69) is 48.1 Å². The molecule has 0 aliphatic heterocycles. The standard InChI is InChI=1S/C17H25N3/c1-3-20-17-10-5-4-9-15(17)16(19-20)11-13(2)12-18-14-7-6-8-14/h4-5,9-10,13-14,18H,3,6-8,11-12H2,1-2H3. The molecule has 2 aromatic rings. The van der Waals surface area contributed by atoms with Crippen LogP contribution in [0.5, 0.6) is 0 Å². The lowest BCUT2D eigenvalue weighted by atomic mass is 9.92. The fraction of sp³-hybridized carbons (Fsp3) is 0.588. The highest BCUT2D eigenvalue weighted by Gasteiger charge is 2.18. The SMILES string of the molecule is CCn1nc(CC(C)CNC2CCC2)c2ccccc21. The fourth-order valence-corrected chi connectivity index (χ4v) is 2.97. The van der Waals surface area contributed by atoms with Crippen molar-refractivity contribution in [1.29, 1.82) is 0 Å². The van der Waals surface area contributed by atoms with Gasteiger partial charge < -0.3 is 5.32 Å². The van der Waals surface area contributed by atoms with Gasteiger partial charge in [0.25, 0.3) is 0 Å². The van der Waals surface area contributed by atoms with Crippen molar-refractivity contribution in [3.63, 3.8) is 0 Å². The van der Waals surface area contributed by atoms with Gasteiger partial charge in [-0.15, -0.1) is 0 Å². The minimum absolute atomic E-state index is 0.638. The Morgan fingerprint density at radius 2 is 2.15 bits per heavy atom. The molecule has 1 saturated carbocycles. The zero-order chi connectivity index (χ0) is 13.9. The van der Waals surface area contributed by atoms with Crippen LogP contribution in [0.1, 0.15) is 38.8 Å². The van der Waals surface area contributed by atoms with Gasteiger partial charge in [0.15, 0.2) is 0 Å². The smallest absolute Gasteiger partial charge is 0.0706 e. The van der Waals surface area contributed by atoms with Gasteiger partial charge in [0, 0.05) is 18.0 Å². The zero-order valence-corrected chi connectivity index (χ0v) is 12.6. The van der Waals surface area contributed by atoms with Gasteiger partial charge in [-0.25, -0.2) is 0 Å². The molecule has 3 rings (SSSR count). The van der Waals surface area contributed by atoms with Crippen molar-refractivity contribution in [2.24, 2.45) is 5.92 Å². The highest BCUT2D eigenvalue weighted by molar-refractivity contribution is 5.81. The number of fused-ring (bicyclic) bond motifs is 1. The molecule has 0 amide bonds. The molecule has 1 fully saturated rings. The predicted octanol–water partition coefficient (Wildman–Crippen LogP) is 3.38. The first-order valence-electron chi connectivity index (χ1n) is 7.95. The molecule has 0 saturated heterocycles. The minimum atomic E-state index is 0.638. The molecule has 1 atom stereocenters. The van der Waals surface area contributed by atoms with Gasteiger partial charge in [0.2, 0.25) is 0 Å². The molecule has 1 aromatic heterocycles. The van der Waals surface area contributed by atoms with Crippen LogP contribution in [0.4, 0.5) is 0 Å². The third-order valence-electron chi connectivity index (χ3n) is 4.44. The normalized spacial score (nSPS) is 17.3. The van der Waals surface area contributed by atoms with Crippen LogP contribution in [0.25, 0.3) is 10.9 Å². The molecule has 0 spiro atoms. The molecule has 0 bridgehead atoms. The fourth-order valence-electron chi connectivity index (χ4n) is 2.97. The molecule has 1 aliphatic rings. The van der Waals surface area contributed by atoms with E-state index in [1.165, 1.54) is 35.9 Å². The Morgan fingerprint density at radius 3 is 2.85 bits per heavy atom. The largest absolute Gasteiger partial charge is 0.314 e. The van der Waals surface area contributed by atoms with Crippen molar-refractivity contribution in [2.45, 2.75) is 52.1 Å². The number of nitrogens with one attached hydrogen (secondary N) is 1. The van der Waals surface area contributed by atoms with Crippen molar-refractivity contribution in [2.75, 3.05) is 6.54 Å². The number of aromatic nitrogens is 2. The third kappa shape index (κ3) is 2.73. The molecule has 1 heterocycles. The maximum Gasteiger partial charge on any atom is 0.0706 e. The highest BCUT2D eigenvalue weighted by atomic mass is 15.3. The molecule has 108 valence electrons. The van der Waals surface area contributed by atoms with E-state index >= 15 is 0 Å². The summed E-state index contributed by atoms with van der Waals surface area (Å²) in [7, 11) is 0. The average molecular weight is 271 g/mol. The predicted molar refractivity (Wildman–Crippen MR) is 83.9 cm³/mol. The van der Waals surface area contributed by atoms with Crippen molar-refractivity contribution < 1.29 is 0 Å². The highest BCUT2D eigenvalue weighted by Crippen LogP contribution is 2.22. The molecule has 0 radical (unpaired) electrons. The Bertz CT molecular complexity index is 569. The first kappa shape index (κ1) is 13.6. The van der Waals surface area contributed by atoms with E-state index in [-0.39, 0.29) is 0 Å². The number of aryl methyl sites for hydroxylation is 1. The van der Waals surface area contributed by atoms with E-state index in [4.69, 9.17) is 5.10 Å². The van der Waals surface area contributed by atoms with E-state index in [1.807, 2.05) is 0 Å². The molecule has 3 nitrogen and oxygen atoms in total. The Morgan fingerprint density at radius 1 is 1.35 bits per heavy atom. The Hall–Kier alpha value is -1.35. The van der Waals surface area contributed by atoms with Crippen LogP contribution in [0.3, 0.4) is 0 Å². The summed E-state index contributed by atoms with van der Waals surface area (Å²) in [5.41, 5.74) is 2.52. The van der Waals surface area contributed by atoms with E-state index in [9.17, 15) is 0 Å². The summed E-state index contributed by atoms with van der Waals surface area (Å²) in [5.74, 6) is 0.638. The van der Waals surface area contributed by atoms with Crippen LogP contribution >= 0.6 is 0 Å². The van der Waals surface area contributed by atoms with Gasteiger partial charge in [-0.2, -0.15) is 5.10 Å². The number of hydrogen-bond acceptors (Lipinski definition) is 2. The van der Waals surface area contributed by atoms with Crippen LogP contribution in [-0.2, 0) is 13.0 Å². The molecule has 20 heavy (non-hydrogen) atoms. The van der Waals surface area contributed by atoms with Crippen molar-refractivity contribution in [3.8, 4) is 0 Å². The molecule has 1 unspecified atom stereocenters. The van der Waals surface area contributed by atoms with Crippen LogP contribution in [0.15, 0.2) is 24.3 Å². The maximum atomic E-state index is 4.80. The molecular weight excluding hydrogens is 246 g/mol. The first-order chi connectivity index (χ1) is 9.78. The number of hydrogen-bond donors (Lipinski definition) is 1. The van der Waals surface area contributed by atoms with Gasteiger partial charge in [-0.05, 0) is 44.7 Å². The summed E-state index contributed by atoms with van der Waals surface area (Å²) >= 11 is 0. The number of nitrogens with zero attached hydrogens (tertiary/aromatic N) is 2. The van der Waals surface area contributed by atoms with Gasteiger partial charge in [-0.3, -0.25) is 4.68 Å². The topological polar surface area (TPSA) is 29.9 Å². The second-order valence-corrected chi connectivity index (χ2v) is 6.12. The Labute approximate surface area is 121 Å². The van der Waals surface area contributed by atoms with Gasteiger partial charge >= 0.3 is 0 Å². The second-order valence-electron chi connectivity index (χ2n) is 6.12. The van der Waals surface area contributed by atoms with Crippen LogP contribution < -0.4 is 5.32 Å². The molecule has 3 heteroatoms. The molecule has 1 N–H and O–H groups in total. The molecular formula is C17H25N3. The zero-order valence-electron chi connectivity index (χ0n) is 12.6. The van der Waals surface area contributed by atoms with Gasteiger partial charge in [0.05, 0.1) is 11.2 Å². The monoisotopic (exact) mass is 271 g/mol. The quantitative estimate of drug-likeness (QED) is 0.873. The Kier molecular flexibility index (Phi) is 4.06. The van der Waals surface area contributed by atoms with E-state index in [0.717, 1.165) is 25.6 Å². The summed E-state index contributed by atoms with van der Waals surface area (Å²) < 4.78 is 2.12. The summed E-state index contributed by atoms with van der Waals surface area (Å²) in [6, 6.07) is 9.37. The summed E-state index contributed by atoms with van der Waals surface area (Å²) in [4.78, 5) is 0. The summed E-state index contributed by atoms with van der Waals surface area (Å²) in [5, 5.41) is 9.80.